The monoisotopic (exact) mass is 226 g/mol. The van der Waals surface area contributed by atoms with Crippen molar-refractivity contribution in [3.8, 4) is 0 Å². The van der Waals surface area contributed by atoms with Gasteiger partial charge in [-0.2, -0.15) is 0 Å². The molecule has 6 nitrogen and oxygen atoms in total. The number of phosphoric acid groups is 1. The van der Waals surface area contributed by atoms with Crippen LogP contribution in [-0.2, 0) is 27.6 Å². The van der Waals surface area contributed by atoms with Gasteiger partial charge in [0.2, 0.25) is 0 Å². The van der Waals surface area contributed by atoms with Gasteiger partial charge in [0.25, 0.3) is 0 Å². The highest BCUT2D eigenvalue weighted by Gasteiger charge is 2.32. The predicted molar refractivity (Wildman–Crippen MR) is 48.1 cm³/mol. The molecule has 0 unspecified atom stereocenters. The highest BCUT2D eigenvalue weighted by atomic mass is 31.2. The summed E-state index contributed by atoms with van der Waals surface area (Å²) < 4.78 is 36.0. The molecular formula is C7H15O6P. The molecule has 14 heavy (non-hydrogen) atoms. The Morgan fingerprint density at radius 1 is 1.29 bits per heavy atom. The maximum atomic E-state index is 11.5. The molecule has 7 heteroatoms. The molecule has 1 aliphatic heterocycles. The van der Waals surface area contributed by atoms with Crippen molar-refractivity contribution < 1.29 is 27.6 Å². The highest BCUT2D eigenvalue weighted by molar-refractivity contribution is 7.48. The zero-order chi connectivity index (χ0) is 10.4. The molecule has 84 valence electrons. The van der Waals surface area contributed by atoms with Crippen LogP contribution in [0.2, 0.25) is 0 Å². The Bertz CT molecular complexity index is 198. The summed E-state index contributed by atoms with van der Waals surface area (Å²) in [4.78, 5) is 0. The van der Waals surface area contributed by atoms with Crippen molar-refractivity contribution >= 4 is 7.82 Å². The largest absolute Gasteiger partial charge is 0.475 e. The molecule has 1 saturated heterocycles. The van der Waals surface area contributed by atoms with Gasteiger partial charge in [0.15, 0.2) is 0 Å². The molecule has 0 spiro atoms. The minimum Gasteiger partial charge on any atom is -0.382 e. The quantitative estimate of drug-likeness (QED) is 0.625. The SMILES string of the molecule is COC[C@H](COP1(=O)OCCO1)OC. The number of methoxy groups -OCH3 is 2. The smallest absolute Gasteiger partial charge is 0.382 e. The van der Waals surface area contributed by atoms with E-state index in [0.717, 1.165) is 0 Å². The standard InChI is InChI=1S/C7H15O6P/c1-9-5-7(10-2)6-13-14(8)11-3-4-12-14/h7H,3-6H2,1-2H3/t7-/m1/s1. The summed E-state index contributed by atoms with van der Waals surface area (Å²) in [6, 6.07) is 0. The Balaban J connectivity index is 2.26. The van der Waals surface area contributed by atoms with E-state index in [1.54, 1.807) is 7.11 Å². The van der Waals surface area contributed by atoms with Crippen LogP contribution in [0.4, 0.5) is 0 Å². The van der Waals surface area contributed by atoms with E-state index in [9.17, 15) is 4.57 Å². The lowest BCUT2D eigenvalue weighted by molar-refractivity contribution is -0.00559. The van der Waals surface area contributed by atoms with Crippen molar-refractivity contribution in [3.05, 3.63) is 0 Å². The molecule has 0 aromatic carbocycles. The van der Waals surface area contributed by atoms with E-state index in [2.05, 4.69) is 0 Å². The third-order valence-electron chi connectivity index (χ3n) is 1.69. The first-order valence-electron chi connectivity index (χ1n) is 4.25. The number of rotatable bonds is 6. The first-order valence-corrected chi connectivity index (χ1v) is 5.71. The fourth-order valence-electron chi connectivity index (χ4n) is 0.954. The van der Waals surface area contributed by atoms with Crippen molar-refractivity contribution in [2.45, 2.75) is 6.10 Å². The Labute approximate surface area is 83.0 Å². The van der Waals surface area contributed by atoms with Gasteiger partial charge in [0.05, 0.1) is 26.4 Å². The zero-order valence-electron chi connectivity index (χ0n) is 8.30. The molecule has 0 saturated carbocycles. The van der Waals surface area contributed by atoms with Gasteiger partial charge in [0.1, 0.15) is 6.10 Å². The molecule has 1 atom stereocenters. The van der Waals surface area contributed by atoms with Crippen molar-refractivity contribution in [3.63, 3.8) is 0 Å². The van der Waals surface area contributed by atoms with Crippen LogP contribution in [0.3, 0.4) is 0 Å². The van der Waals surface area contributed by atoms with Gasteiger partial charge in [-0.25, -0.2) is 4.57 Å². The van der Waals surface area contributed by atoms with Gasteiger partial charge in [-0.1, -0.05) is 0 Å². The first kappa shape index (κ1) is 12.1. The first-order chi connectivity index (χ1) is 6.70. The van der Waals surface area contributed by atoms with Crippen LogP contribution in [0.25, 0.3) is 0 Å². The summed E-state index contributed by atoms with van der Waals surface area (Å²) in [6.07, 6.45) is -0.265. The lowest BCUT2D eigenvalue weighted by Crippen LogP contribution is -2.23. The van der Waals surface area contributed by atoms with Gasteiger partial charge in [-0.05, 0) is 0 Å². The fraction of sp³-hybridized carbons (Fsp3) is 1.00. The number of ether oxygens (including phenoxy) is 2. The molecular weight excluding hydrogens is 211 g/mol. The Morgan fingerprint density at radius 2 is 1.93 bits per heavy atom. The molecule has 0 aromatic heterocycles. The normalized spacial score (nSPS) is 22.4. The van der Waals surface area contributed by atoms with E-state index < -0.39 is 7.82 Å². The van der Waals surface area contributed by atoms with Gasteiger partial charge >= 0.3 is 7.82 Å². The Hall–Kier alpha value is 0.0300. The molecule has 0 amide bonds. The van der Waals surface area contributed by atoms with Crippen LogP contribution in [-0.4, -0.2) is 46.8 Å². The third kappa shape index (κ3) is 3.65. The van der Waals surface area contributed by atoms with Crippen molar-refractivity contribution in [2.24, 2.45) is 0 Å². The van der Waals surface area contributed by atoms with Crippen LogP contribution >= 0.6 is 7.82 Å². The Kier molecular flexibility index (Phi) is 5.01. The second kappa shape index (κ2) is 5.80. The van der Waals surface area contributed by atoms with Gasteiger partial charge in [0, 0.05) is 14.2 Å². The van der Waals surface area contributed by atoms with Crippen LogP contribution in [0, 0.1) is 0 Å². The summed E-state index contributed by atoms with van der Waals surface area (Å²) in [7, 11) is -0.217. The van der Waals surface area contributed by atoms with Crippen LogP contribution in [0.15, 0.2) is 0 Å². The number of hydrogen-bond acceptors (Lipinski definition) is 6. The minimum absolute atomic E-state index is 0.127. The second-order valence-corrected chi connectivity index (χ2v) is 4.39. The van der Waals surface area contributed by atoms with Gasteiger partial charge < -0.3 is 9.47 Å². The highest BCUT2D eigenvalue weighted by Crippen LogP contribution is 2.52. The minimum atomic E-state index is -3.30. The average Bonchev–Trinajstić information content (AvgIpc) is 2.60. The van der Waals surface area contributed by atoms with Gasteiger partial charge in [-0.15, -0.1) is 0 Å². The van der Waals surface area contributed by atoms with Crippen LogP contribution in [0.1, 0.15) is 0 Å². The summed E-state index contributed by atoms with van der Waals surface area (Å²) in [5, 5.41) is 0. The predicted octanol–water partition coefficient (Wildman–Crippen LogP) is 0.819. The van der Waals surface area contributed by atoms with Crippen LogP contribution in [0.5, 0.6) is 0 Å². The lowest BCUT2D eigenvalue weighted by atomic mass is 10.4. The molecule has 0 radical (unpaired) electrons. The van der Waals surface area contributed by atoms with E-state index in [0.29, 0.717) is 19.8 Å². The summed E-state index contributed by atoms with van der Waals surface area (Å²) in [5.74, 6) is 0. The van der Waals surface area contributed by atoms with E-state index in [1.807, 2.05) is 0 Å². The molecule has 0 aliphatic carbocycles. The maximum Gasteiger partial charge on any atom is 0.475 e. The summed E-state index contributed by atoms with van der Waals surface area (Å²) >= 11 is 0. The molecule has 0 aromatic rings. The zero-order valence-corrected chi connectivity index (χ0v) is 9.20. The van der Waals surface area contributed by atoms with Crippen molar-refractivity contribution in [1.29, 1.82) is 0 Å². The maximum absolute atomic E-state index is 11.5. The summed E-state index contributed by atoms with van der Waals surface area (Å²) in [6.45, 7) is 1.11. The van der Waals surface area contributed by atoms with E-state index in [1.165, 1.54) is 7.11 Å². The van der Waals surface area contributed by atoms with Crippen LogP contribution < -0.4 is 0 Å². The van der Waals surface area contributed by atoms with E-state index >= 15 is 0 Å². The molecule has 1 aliphatic rings. The molecule has 1 heterocycles. The van der Waals surface area contributed by atoms with Gasteiger partial charge in [-0.3, -0.25) is 13.6 Å². The van der Waals surface area contributed by atoms with Crippen molar-refractivity contribution in [2.75, 3.05) is 40.6 Å². The molecule has 0 N–H and O–H groups in total. The molecule has 1 fully saturated rings. The van der Waals surface area contributed by atoms with E-state index in [4.69, 9.17) is 23.0 Å². The summed E-state index contributed by atoms with van der Waals surface area (Å²) in [5.41, 5.74) is 0. The number of phosphoric ester groups is 1. The number of hydrogen-bond donors (Lipinski definition) is 0. The lowest BCUT2D eigenvalue weighted by Gasteiger charge is -2.16. The molecule has 0 bridgehead atoms. The third-order valence-corrected chi connectivity index (χ3v) is 3.15. The van der Waals surface area contributed by atoms with Crippen molar-refractivity contribution in [1.82, 2.24) is 0 Å². The van der Waals surface area contributed by atoms with E-state index in [-0.39, 0.29) is 12.7 Å². The fourth-order valence-corrected chi connectivity index (χ4v) is 2.12. The Morgan fingerprint density at radius 3 is 2.43 bits per heavy atom. The second-order valence-electron chi connectivity index (χ2n) is 2.72. The topological polar surface area (TPSA) is 63.2 Å². The average molecular weight is 226 g/mol. The molecule has 1 rings (SSSR count).